The molecule has 1 atom stereocenters. The lowest BCUT2D eigenvalue weighted by Crippen LogP contribution is -2.22. The summed E-state index contributed by atoms with van der Waals surface area (Å²) in [7, 11) is 3.24. The third kappa shape index (κ3) is 3.40. The van der Waals surface area contributed by atoms with Gasteiger partial charge in [0.05, 0.1) is 13.7 Å². The third-order valence-electron chi connectivity index (χ3n) is 2.46. The smallest absolute Gasteiger partial charge is 0.124 e. The molecule has 0 fully saturated rings. The average molecular weight is 225 g/mol. The van der Waals surface area contributed by atoms with Crippen molar-refractivity contribution in [3.63, 3.8) is 0 Å². The van der Waals surface area contributed by atoms with Crippen molar-refractivity contribution in [2.24, 2.45) is 0 Å². The lowest BCUT2D eigenvalue weighted by atomic mass is 10.1. The molecule has 1 aromatic rings. The molecule has 2 N–H and O–H groups in total. The largest absolute Gasteiger partial charge is 0.507 e. The van der Waals surface area contributed by atoms with Gasteiger partial charge in [0.1, 0.15) is 11.5 Å². The lowest BCUT2D eigenvalue weighted by molar-refractivity contribution is 0.196. The van der Waals surface area contributed by atoms with Crippen molar-refractivity contribution in [2.75, 3.05) is 27.4 Å². The zero-order chi connectivity index (χ0) is 12.0. The van der Waals surface area contributed by atoms with E-state index in [4.69, 9.17) is 9.47 Å². The van der Waals surface area contributed by atoms with E-state index >= 15 is 0 Å². The second kappa shape index (κ2) is 6.35. The van der Waals surface area contributed by atoms with Crippen LogP contribution in [0.3, 0.4) is 0 Å². The van der Waals surface area contributed by atoms with Crippen LogP contribution in [0.1, 0.15) is 18.5 Å². The molecule has 0 saturated carbocycles. The van der Waals surface area contributed by atoms with Gasteiger partial charge in [-0.1, -0.05) is 6.07 Å². The van der Waals surface area contributed by atoms with E-state index in [2.05, 4.69) is 5.32 Å². The Bertz CT molecular complexity index is 328. The molecule has 0 aliphatic rings. The monoisotopic (exact) mass is 225 g/mol. The van der Waals surface area contributed by atoms with Gasteiger partial charge in [0.15, 0.2) is 0 Å². The van der Waals surface area contributed by atoms with Crippen molar-refractivity contribution in [1.82, 2.24) is 5.32 Å². The second-order valence-electron chi connectivity index (χ2n) is 3.59. The van der Waals surface area contributed by atoms with Gasteiger partial charge in [0.2, 0.25) is 0 Å². The van der Waals surface area contributed by atoms with Crippen LogP contribution in [0.25, 0.3) is 0 Å². The summed E-state index contributed by atoms with van der Waals surface area (Å²) in [6, 6.07) is 5.40. The molecule has 0 bridgehead atoms. The van der Waals surface area contributed by atoms with Crippen molar-refractivity contribution >= 4 is 0 Å². The fraction of sp³-hybridized carbons (Fsp3) is 0.500. The first-order valence-corrected chi connectivity index (χ1v) is 5.28. The molecule has 0 amide bonds. The number of rotatable bonds is 6. The fourth-order valence-electron chi connectivity index (χ4n) is 1.50. The lowest BCUT2D eigenvalue weighted by Gasteiger charge is -2.15. The number of hydrogen-bond acceptors (Lipinski definition) is 4. The molecule has 1 aromatic carbocycles. The maximum Gasteiger partial charge on any atom is 0.124 e. The minimum absolute atomic E-state index is 0.0843. The van der Waals surface area contributed by atoms with E-state index in [1.165, 1.54) is 0 Å². The van der Waals surface area contributed by atoms with Crippen LogP contribution < -0.4 is 10.1 Å². The Labute approximate surface area is 96.2 Å². The molecule has 1 rings (SSSR count). The number of phenolic OH excluding ortho intramolecular Hbond substituents is 1. The van der Waals surface area contributed by atoms with Gasteiger partial charge in [-0.25, -0.2) is 0 Å². The van der Waals surface area contributed by atoms with Crippen molar-refractivity contribution < 1.29 is 14.6 Å². The van der Waals surface area contributed by atoms with Crippen molar-refractivity contribution in [2.45, 2.75) is 13.0 Å². The first kappa shape index (κ1) is 12.8. The van der Waals surface area contributed by atoms with Gasteiger partial charge in [-0.05, 0) is 13.0 Å². The topological polar surface area (TPSA) is 50.7 Å². The van der Waals surface area contributed by atoms with Gasteiger partial charge in [0, 0.05) is 31.3 Å². The normalized spacial score (nSPS) is 12.4. The molecular weight excluding hydrogens is 206 g/mol. The highest BCUT2D eigenvalue weighted by molar-refractivity contribution is 5.41. The Balaban J connectivity index is 2.64. The zero-order valence-electron chi connectivity index (χ0n) is 9.99. The molecule has 0 aliphatic heterocycles. The van der Waals surface area contributed by atoms with Gasteiger partial charge in [-0.2, -0.15) is 0 Å². The van der Waals surface area contributed by atoms with E-state index in [-0.39, 0.29) is 11.8 Å². The quantitative estimate of drug-likeness (QED) is 0.723. The Kier molecular flexibility index (Phi) is 5.08. The SMILES string of the molecule is COCCNC(C)c1ccc(OC)cc1O. The average Bonchev–Trinajstić information content (AvgIpc) is 2.29. The highest BCUT2D eigenvalue weighted by atomic mass is 16.5. The predicted molar refractivity (Wildman–Crippen MR) is 63.0 cm³/mol. The first-order valence-electron chi connectivity index (χ1n) is 5.28. The van der Waals surface area contributed by atoms with Gasteiger partial charge in [-0.3, -0.25) is 0 Å². The van der Waals surface area contributed by atoms with Crippen LogP contribution in [-0.2, 0) is 4.74 Å². The van der Waals surface area contributed by atoms with Crippen LogP contribution in [0.2, 0.25) is 0 Å². The van der Waals surface area contributed by atoms with Crippen molar-refractivity contribution in [3.05, 3.63) is 23.8 Å². The third-order valence-corrected chi connectivity index (χ3v) is 2.46. The highest BCUT2D eigenvalue weighted by Crippen LogP contribution is 2.27. The van der Waals surface area contributed by atoms with Crippen LogP contribution in [-0.4, -0.2) is 32.5 Å². The van der Waals surface area contributed by atoms with Crippen LogP contribution in [0.4, 0.5) is 0 Å². The molecule has 0 aromatic heterocycles. The summed E-state index contributed by atoms with van der Waals surface area (Å²) >= 11 is 0. The summed E-state index contributed by atoms with van der Waals surface area (Å²) in [5.41, 5.74) is 0.858. The van der Waals surface area contributed by atoms with Gasteiger partial charge < -0.3 is 19.9 Å². The van der Waals surface area contributed by atoms with Crippen molar-refractivity contribution in [1.29, 1.82) is 0 Å². The molecule has 16 heavy (non-hydrogen) atoms. The van der Waals surface area contributed by atoms with E-state index in [0.29, 0.717) is 12.4 Å². The molecule has 0 aliphatic carbocycles. The minimum Gasteiger partial charge on any atom is -0.507 e. The molecule has 4 nitrogen and oxygen atoms in total. The molecule has 0 saturated heterocycles. The Morgan fingerprint density at radius 1 is 1.38 bits per heavy atom. The van der Waals surface area contributed by atoms with Crippen LogP contribution in [0.15, 0.2) is 18.2 Å². The van der Waals surface area contributed by atoms with E-state index in [1.54, 1.807) is 20.3 Å². The molecule has 90 valence electrons. The van der Waals surface area contributed by atoms with E-state index in [1.807, 2.05) is 19.1 Å². The number of aromatic hydroxyl groups is 1. The predicted octanol–water partition coefficient (Wildman–Crippen LogP) is 1.70. The molecule has 0 spiro atoms. The Hall–Kier alpha value is -1.26. The number of phenols is 1. The summed E-state index contributed by atoms with van der Waals surface area (Å²) < 4.78 is 9.98. The number of hydrogen-bond donors (Lipinski definition) is 2. The molecule has 0 heterocycles. The Morgan fingerprint density at radius 3 is 2.69 bits per heavy atom. The van der Waals surface area contributed by atoms with E-state index in [0.717, 1.165) is 12.1 Å². The van der Waals surface area contributed by atoms with Crippen LogP contribution in [0, 0.1) is 0 Å². The summed E-state index contributed by atoms with van der Waals surface area (Å²) in [5, 5.41) is 13.1. The number of nitrogens with one attached hydrogen (secondary N) is 1. The minimum atomic E-state index is 0.0843. The maximum atomic E-state index is 9.80. The molecule has 4 heteroatoms. The van der Waals surface area contributed by atoms with Gasteiger partial charge in [0.25, 0.3) is 0 Å². The summed E-state index contributed by atoms with van der Waals surface area (Å²) in [4.78, 5) is 0. The van der Waals surface area contributed by atoms with Crippen LogP contribution >= 0.6 is 0 Å². The number of methoxy groups -OCH3 is 2. The summed E-state index contributed by atoms with van der Waals surface area (Å²) in [5.74, 6) is 0.905. The number of benzene rings is 1. The fourth-order valence-corrected chi connectivity index (χ4v) is 1.50. The van der Waals surface area contributed by atoms with Crippen LogP contribution in [0.5, 0.6) is 11.5 Å². The van der Waals surface area contributed by atoms with E-state index in [9.17, 15) is 5.11 Å². The summed E-state index contributed by atoms with van der Waals surface area (Å²) in [6.07, 6.45) is 0. The summed E-state index contributed by atoms with van der Waals surface area (Å²) in [6.45, 7) is 3.40. The van der Waals surface area contributed by atoms with Gasteiger partial charge >= 0.3 is 0 Å². The highest BCUT2D eigenvalue weighted by Gasteiger charge is 2.10. The second-order valence-corrected chi connectivity index (χ2v) is 3.59. The van der Waals surface area contributed by atoms with Gasteiger partial charge in [-0.15, -0.1) is 0 Å². The zero-order valence-corrected chi connectivity index (χ0v) is 9.99. The maximum absolute atomic E-state index is 9.80. The van der Waals surface area contributed by atoms with Crippen molar-refractivity contribution in [3.8, 4) is 11.5 Å². The number of ether oxygens (including phenoxy) is 2. The first-order chi connectivity index (χ1) is 7.69. The molecular formula is C12H19NO3. The standard InChI is InChI=1S/C12H19NO3/c1-9(13-6-7-15-2)11-5-4-10(16-3)8-12(11)14/h4-5,8-9,13-14H,6-7H2,1-3H3. The molecule has 0 radical (unpaired) electrons. The molecule has 1 unspecified atom stereocenters. The van der Waals surface area contributed by atoms with E-state index < -0.39 is 0 Å². The Morgan fingerprint density at radius 2 is 2.12 bits per heavy atom.